The van der Waals surface area contributed by atoms with Crippen LogP contribution < -0.4 is 10.6 Å². The van der Waals surface area contributed by atoms with Gasteiger partial charge in [0.05, 0.1) is 18.8 Å². The summed E-state index contributed by atoms with van der Waals surface area (Å²) in [5, 5.41) is 25.5. The van der Waals surface area contributed by atoms with Crippen LogP contribution in [0.5, 0.6) is 0 Å². The van der Waals surface area contributed by atoms with Crippen molar-refractivity contribution in [2.75, 3.05) is 13.2 Å². The number of unbranched alkanes of at least 4 members (excludes halogenated alkanes) is 24. The first-order valence-electron chi connectivity index (χ1n) is 17.7. The third-order valence-electron chi connectivity index (χ3n) is 8.05. The molecule has 0 aliphatic carbocycles. The zero-order chi connectivity index (χ0) is 29.4. The van der Waals surface area contributed by atoms with Gasteiger partial charge in [0.25, 0.3) is 0 Å². The third-order valence-corrected chi connectivity index (χ3v) is 8.05. The smallest absolute Gasteiger partial charge is 0.315 e. The normalized spacial score (nSPS) is 13.1. The van der Waals surface area contributed by atoms with Crippen molar-refractivity contribution in [1.82, 2.24) is 10.6 Å². The number of hydrogen-bond acceptors (Lipinski definition) is 3. The topological polar surface area (TPSA) is 81.6 Å². The second-order valence-electron chi connectivity index (χ2n) is 12.0. The fraction of sp³-hybridized carbons (Fsp3) is 0.914. The summed E-state index contributed by atoms with van der Waals surface area (Å²) in [5.74, 6) is 0. The first-order valence-corrected chi connectivity index (χ1v) is 17.7. The summed E-state index contributed by atoms with van der Waals surface area (Å²) in [6.07, 6.45) is 36.7. The molecule has 0 aromatic heterocycles. The van der Waals surface area contributed by atoms with E-state index >= 15 is 0 Å². The number of nitrogens with one attached hydrogen (secondary N) is 2. The van der Waals surface area contributed by atoms with E-state index in [2.05, 4.69) is 24.5 Å². The fourth-order valence-electron chi connectivity index (χ4n) is 5.28. The van der Waals surface area contributed by atoms with Crippen LogP contribution in [0, 0.1) is 0 Å². The maximum atomic E-state index is 12.2. The first kappa shape index (κ1) is 38.9. The van der Waals surface area contributed by atoms with E-state index in [0.717, 1.165) is 25.7 Å². The maximum absolute atomic E-state index is 12.2. The average Bonchev–Trinajstić information content (AvgIpc) is 2.96. The Morgan fingerprint density at radius 3 is 1.38 bits per heavy atom. The highest BCUT2D eigenvalue weighted by Gasteiger charge is 2.17. The number of urea groups is 1. The summed E-state index contributed by atoms with van der Waals surface area (Å²) in [5.41, 5.74) is 0. The largest absolute Gasteiger partial charge is 0.394 e. The lowest BCUT2D eigenvalue weighted by Gasteiger charge is -2.20. The number of carbonyl (C=O) groups excluding carboxylic acids is 1. The van der Waals surface area contributed by atoms with Gasteiger partial charge < -0.3 is 20.8 Å². The predicted molar refractivity (Wildman–Crippen MR) is 174 cm³/mol. The molecule has 0 aliphatic rings. The monoisotopic (exact) mass is 567 g/mol. The number of hydrogen-bond donors (Lipinski definition) is 4. The van der Waals surface area contributed by atoms with Crippen LogP contribution in [0.25, 0.3) is 0 Å². The molecule has 0 bridgehead atoms. The van der Waals surface area contributed by atoms with E-state index in [4.69, 9.17) is 0 Å². The van der Waals surface area contributed by atoms with Crippen molar-refractivity contribution in [3.63, 3.8) is 0 Å². The Morgan fingerprint density at radius 2 is 0.975 bits per heavy atom. The van der Waals surface area contributed by atoms with E-state index in [-0.39, 0.29) is 12.6 Å². The predicted octanol–water partition coefficient (Wildman–Crippen LogP) is 9.75. The van der Waals surface area contributed by atoms with E-state index in [0.29, 0.717) is 6.54 Å². The van der Waals surface area contributed by atoms with Gasteiger partial charge in [-0.2, -0.15) is 0 Å². The number of aliphatic hydroxyl groups excluding tert-OH is 2. The van der Waals surface area contributed by atoms with Gasteiger partial charge in [-0.1, -0.05) is 174 Å². The van der Waals surface area contributed by atoms with Crippen LogP contribution >= 0.6 is 0 Å². The molecular weight excluding hydrogens is 496 g/mol. The molecule has 2 amide bonds. The van der Waals surface area contributed by atoms with Crippen LogP contribution in [0.15, 0.2) is 12.2 Å². The zero-order valence-electron chi connectivity index (χ0n) is 26.9. The van der Waals surface area contributed by atoms with Crippen LogP contribution in [0.4, 0.5) is 4.79 Å². The van der Waals surface area contributed by atoms with Gasteiger partial charge in [-0.15, -0.1) is 0 Å². The van der Waals surface area contributed by atoms with E-state index < -0.39 is 12.1 Å². The van der Waals surface area contributed by atoms with Crippen molar-refractivity contribution in [3.8, 4) is 0 Å². The fourth-order valence-corrected chi connectivity index (χ4v) is 5.28. The molecule has 0 saturated heterocycles. The molecule has 0 aromatic carbocycles. The van der Waals surface area contributed by atoms with Gasteiger partial charge in [0.1, 0.15) is 0 Å². The van der Waals surface area contributed by atoms with Gasteiger partial charge >= 0.3 is 6.03 Å². The second-order valence-corrected chi connectivity index (χ2v) is 12.0. The molecule has 0 spiro atoms. The third kappa shape index (κ3) is 28.5. The number of allylic oxidation sites excluding steroid dienone is 1. The van der Waals surface area contributed by atoms with Crippen LogP contribution in [-0.2, 0) is 0 Å². The van der Waals surface area contributed by atoms with Crippen LogP contribution in [0.1, 0.15) is 181 Å². The Labute approximate surface area is 249 Å². The van der Waals surface area contributed by atoms with E-state index in [1.165, 1.54) is 141 Å². The molecule has 0 aromatic rings. The molecule has 0 fully saturated rings. The van der Waals surface area contributed by atoms with Gasteiger partial charge in [0.15, 0.2) is 0 Å². The summed E-state index contributed by atoms with van der Waals surface area (Å²) in [4.78, 5) is 12.2. The molecule has 40 heavy (non-hydrogen) atoms. The molecule has 4 N–H and O–H groups in total. The number of amides is 2. The second kappa shape index (κ2) is 32.4. The molecule has 0 saturated carbocycles. The molecule has 2 unspecified atom stereocenters. The Bertz CT molecular complexity index is 541. The summed E-state index contributed by atoms with van der Waals surface area (Å²) >= 11 is 0. The quantitative estimate of drug-likeness (QED) is 0.0498. The summed E-state index contributed by atoms with van der Waals surface area (Å²) in [6.45, 7) is 4.88. The van der Waals surface area contributed by atoms with Crippen molar-refractivity contribution in [2.45, 2.75) is 193 Å². The van der Waals surface area contributed by atoms with Crippen molar-refractivity contribution < 1.29 is 15.0 Å². The molecular formula is C35H70N2O3. The van der Waals surface area contributed by atoms with Gasteiger partial charge in [-0.05, 0) is 19.3 Å². The molecule has 0 rings (SSSR count). The minimum Gasteiger partial charge on any atom is -0.394 e. The molecule has 5 nitrogen and oxygen atoms in total. The maximum Gasteiger partial charge on any atom is 0.315 e. The van der Waals surface area contributed by atoms with Gasteiger partial charge in [-0.25, -0.2) is 4.79 Å². The molecule has 5 heteroatoms. The lowest BCUT2D eigenvalue weighted by atomic mass is 10.0. The van der Waals surface area contributed by atoms with E-state index in [1.54, 1.807) is 6.08 Å². The number of carbonyl (C=O) groups is 1. The van der Waals surface area contributed by atoms with E-state index in [1.807, 2.05) is 6.08 Å². The Hall–Kier alpha value is -1.07. The number of aliphatic hydroxyl groups is 2. The summed E-state index contributed by atoms with van der Waals surface area (Å²) in [6, 6.07) is -0.989. The molecule has 0 radical (unpaired) electrons. The SMILES string of the molecule is CCCCCCCCCCCCCC=CC(O)C(CO)NC(=O)NCCCCCCCCCCCCCCCC. The Morgan fingerprint density at radius 1 is 0.600 bits per heavy atom. The highest BCUT2D eigenvalue weighted by Crippen LogP contribution is 2.14. The zero-order valence-corrected chi connectivity index (χ0v) is 26.9. The van der Waals surface area contributed by atoms with Crippen LogP contribution in [-0.4, -0.2) is 41.5 Å². The minimum absolute atomic E-state index is 0.282. The Kier molecular flexibility index (Phi) is 31.6. The molecule has 0 aliphatic heterocycles. The van der Waals surface area contributed by atoms with Gasteiger partial charge in [-0.3, -0.25) is 0 Å². The standard InChI is InChI=1S/C35H70N2O3/c1-3-5-7-9-11-13-15-17-19-21-23-25-27-29-31-36-35(40)37-33(32-38)34(39)30-28-26-24-22-20-18-16-14-12-10-8-6-4-2/h28,30,33-34,38-39H,3-27,29,31-32H2,1-2H3,(H2,36,37,40). The lowest BCUT2D eigenvalue weighted by molar-refractivity contribution is 0.125. The lowest BCUT2D eigenvalue weighted by Crippen LogP contribution is -2.49. The van der Waals surface area contributed by atoms with Crippen molar-refractivity contribution in [3.05, 3.63) is 12.2 Å². The van der Waals surface area contributed by atoms with Gasteiger partial charge in [0.2, 0.25) is 0 Å². The minimum atomic E-state index is -0.871. The van der Waals surface area contributed by atoms with Crippen LogP contribution in [0.3, 0.4) is 0 Å². The van der Waals surface area contributed by atoms with Gasteiger partial charge in [0, 0.05) is 6.54 Å². The summed E-state index contributed by atoms with van der Waals surface area (Å²) in [7, 11) is 0. The molecule has 238 valence electrons. The van der Waals surface area contributed by atoms with Crippen molar-refractivity contribution in [1.29, 1.82) is 0 Å². The highest BCUT2D eigenvalue weighted by atomic mass is 16.3. The molecule has 2 atom stereocenters. The first-order chi connectivity index (χ1) is 19.7. The average molecular weight is 567 g/mol. The van der Waals surface area contributed by atoms with Crippen molar-refractivity contribution >= 4 is 6.03 Å². The Balaban J connectivity index is 3.60. The van der Waals surface area contributed by atoms with Crippen molar-refractivity contribution in [2.24, 2.45) is 0 Å². The number of rotatable bonds is 31. The highest BCUT2D eigenvalue weighted by molar-refractivity contribution is 5.74. The van der Waals surface area contributed by atoms with E-state index in [9.17, 15) is 15.0 Å². The van der Waals surface area contributed by atoms with Crippen LogP contribution in [0.2, 0.25) is 0 Å². The summed E-state index contributed by atoms with van der Waals surface area (Å²) < 4.78 is 0. The molecule has 0 heterocycles.